The second-order valence-electron chi connectivity index (χ2n) is 9.32. The molecular weight excluding hydrogens is 483 g/mol. The second-order valence-corrected chi connectivity index (χ2v) is 10.2. The van der Waals surface area contributed by atoms with Gasteiger partial charge in [-0.15, -0.1) is 0 Å². The number of carbonyl (C=O) groups is 2. The van der Waals surface area contributed by atoms with Crippen molar-refractivity contribution in [3.05, 3.63) is 34.3 Å². The molecule has 0 aromatic heterocycles. The predicted molar refractivity (Wildman–Crippen MR) is 121 cm³/mol. The number of carbonyl (C=O) groups excluding carboxylic acids is 2. The van der Waals surface area contributed by atoms with Gasteiger partial charge in [0.25, 0.3) is 5.98 Å². The molecule has 2 aliphatic rings. The van der Waals surface area contributed by atoms with Gasteiger partial charge >= 0.3 is 12.1 Å². The molecule has 0 radical (unpaired) electrons. The zero-order valence-corrected chi connectivity index (χ0v) is 20.7. The molecule has 7 nitrogen and oxygen atoms in total. The Morgan fingerprint density at radius 3 is 2.34 bits per heavy atom. The molecule has 1 aliphatic carbocycles. The van der Waals surface area contributed by atoms with E-state index in [1.54, 1.807) is 34.9 Å². The molecule has 32 heavy (non-hydrogen) atoms. The Morgan fingerprint density at radius 2 is 1.81 bits per heavy atom. The number of benzene rings is 1. The van der Waals surface area contributed by atoms with Crippen LogP contribution >= 0.6 is 15.9 Å². The summed E-state index contributed by atoms with van der Waals surface area (Å²) in [7, 11) is 0. The zero-order valence-electron chi connectivity index (χ0n) is 19.2. The monoisotopic (exact) mass is 514 g/mol. The van der Waals surface area contributed by atoms with Crippen LogP contribution in [0.4, 0.5) is 9.18 Å². The molecule has 2 fully saturated rings. The lowest BCUT2D eigenvalue weighted by Gasteiger charge is -2.43. The first kappa shape index (κ1) is 24.9. The summed E-state index contributed by atoms with van der Waals surface area (Å²) in [6.07, 6.45) is 0.823. The van der Waals surface area contributed by atoms with Gasteiger partial charge in [0.1, 0.15) is 5.60 Å². The number of amides is 1. The summed E-state index contributed by atoms with van der Waals surface area (Å²) in [5.74, 6) is -2.59. The average Bonchev–Trinajstić information content (AvgIpc) is 3.52. The lowest BCUT2D eigenvalue weighted by Crippen LogP contribution is -2.56. The fraction of sp³-hybridized carbons (Fsp3) is 0.652. The predicted octanol–water partition coefficient (Wildman–Crippen LogP) is 4.44. The van der Waals surface area contributed by atoms with Crippen LogP contribution in [0.3, 0.4) is 0 Å². The van der Waals surface area contributed by atoms with Crippen LogP contribution in [-0.4, -0.2) is 66.9 Å². The van der Waals surface area contributed by atoms with Crippen molar-refractivity contribution in [1.29, 1.82) is 0 Å². The van der Waals surface area contributed by atoms with Crippen molar-refractivity contribution in [2.45, 2.75) is 52.1 Å². The number of rotatable bonds is 7. The Balaban J connectivity index is 1.74. The maximum absolute atomic E-state index is 16.6. The van der Waals surface area contributed by atoms with Crippen LogP contribution in [0.25, 0.3) is 0 Å². The van der Waals surface area contributed by atoms with Crippen LogP contribution in [0.2, 0.25) is 0 Å². The molecule has 1 aromatic rings. The van der Waals surface area contributed by atoms with Gasteiger partial charge < -0.3 is 19.1 Å². The van der Waals surface area contributed by atoms with E-state index in [1.807, 2.05) is 26.8 Å². The molecule has 1 heterocycles. The Hall–Kier alpha value is -1.71. The lowest BCUT2D eigenvalue weighted by atomic mass is 10.1. The fourth-order valence-electron chi connectivity index (χ4n) is 3.62. The number of piperazine rings is 1. The average molecular weight is 515 g/mol. The molecule has 1 saturated carbocycles. The van der Waals surface area contributed by atoms with E-state index in [4.69, 9.17) is 14.2 Å². The standard InChI is InChI=1S/C23H32BrFN2O5/c1-5-30-19(28)22(9-10-22)16-31-23(25,17-7-6-8-18(24)15-17)27-13-11-26(12-14-27)20(29)32-21(2,3)4/h6-8,15H,5,9-14,16H2,1-4H3. The minimum Gasteiger partial charge on any atom is -0.465 e. The third-order valence-electron chi connectivity index (χ3n) is 5.62. The van der Waals surface area contributed by atoms with Gasteiger partial charge in [-0.3, -0.25) is 4.79 Å². The van der Waals surface area contributed by atoms with Crippen molar-refractivity contribution in [3.63, 3.8) is 0 Å². The van der Waals surface area contributed by atoms with Gasteiger partial charge in [-0.05, 0) is 52.7 Å². The molecule has 1 atom stereocenters. The molecular formula is C23H32BrFN2O5. The smallest absolute Gasteiger partial charge is 0.410 e. The maximum atomic E-state index is 16.6. The Labute approximate surface area is 197 Å². The normalized spacial score (nSPS) is 20.4. The van der Waals surface area contributed by atoms with Gasteiger partial charge in [-0.1, -0.05) is 28.1 Å². The van der Waals surface area contributed by atoms with E-state index in [2.05, 4.69) is 15.9 Å². The van der Waals surface area contributed by atoms with Crippen molar-refractivity contribution in [2.24, 2.45) is 5.41 Å². The second kappa shape index (κ2) is 9.65. The van der Waals surface area contributed by atoms with Crippen molar-refractivity contribution in [2.75, 3.05) is 39.4 Å². The summed E-state index contributed by atoms with van der Waals surface area (Å²) in [5.41, 5.74) is -1.04. The molecule has 1 saturated heterocycles. The summed E-state index contributed by atoms with van der Waals surface area (Å²) in [5, 5.41) is 0. The molecule has 178 valence electrons. The fourth-order valence-corrected chi connectivity index (χ4v) is 4.02. The van der Waals surface area contributed by atoms with Crippen molar-refractivity contribution in [1.82, 2.24) is 9.80 Å². The molecule has 0 N–H and O–H groups in total. The van der Waals surface area contributed by atoms with Crippen LogP contribution in [0, 0.1) is 5.41 Å². The first-order chi connectivity index (χ1) is 15.0. The summed E-state index contributed by atoms with van der Waals surface area (Å²) in [6.45, 7) is 8.52. The molecule has 0 spiro atoms. The molecule has 1 unspecified atom stereocenters. The number of esters is 1. The van der Waals surface area contributed by atoms with E-state index >= 15 is 4.39 Å². The third kappa shape index (κ3) is 5.80. The minimum atomic E-state index is -2.24. The number of alkyl halides is 1. The quantitative estimate of drug-likeness (QED) is 0.395. The van der Waals surface area contributed by atoms with Crippen LogP contribution in [-0.2, 0) is 25.0 Å². The van der Waals surface area contributed by atoms with Crippen LogP contribution in [0.5, 0.6) is 0 Å². The van der Waals surface area contributed by atoms with Gasteiger partial charge in [0.2, 0.25) is 0 Å². The molecule has 1 aromatic carbocycles. The summed E-state index contributed by atoms with van der Waals surface area (Å²) in [4.78, 5) is 27.9. The SMILES string of the molecule is CCOC(=O)C1(COC(F)(c2cccc(Br)c2)N2CCN(C(=O)OC(C)(C)C)CC2)CC1. The number of hydrogen-bond acceptors (Lipinski definition) is 6. The van der Waals surface area contributed by atoms with E-state index in [-0.39, 0.29) is 32.3 Å². The maximum Gasteiger partial charge on any atom is 0.410 e. The Bertz CT molecular complexity index is 834. The van der Waals surface area contributed by atoms with Crippen molar-refractivity contribution >= 4 is 28.0 Å². The van der Waals surface area contributed by atoms with Gasteiger partial charge in [0, 0.05) is 36.2 Å². The van der Waals surface area contributed by atoms with Crippen LogP contribution < -0.4 is 0 Å². The third-order valence-corrected chi connectivity index (χ3v) is 6.11. The van der Waals surface area contributed by atoms with Gasteiger partial charge in [0.05, 0.1) is 18.6 Å². The van der Waals surface area contributed by atoms with E-state index in [0.29, 0.717) is 31.5 Å². The minimum absolute atomic E-state index is 0.0683. The number of halogens is 2. The number of nitrogens with zero attached hydrogens (tertiary/aromatic N) is 2. The first-order valence-corrected chi connectivity index (χ1v) is 11.8. The molecule has 1 aliphatic heterocycles. The Kier molecular flexibility index (Phi) is 7.51. The van der Waals surface area contributed by atoms with Gasteiger partial charge in [-0.25, -0.2) is 9.69 Å². The molecule has 0 bridgehead atoms. The topological polar surface area (TPSA) is 68.3 Å². The summed E-state index contributed by atoms with van der Waals surface area (Å²) >= 11 is 3.40. The van der Waals surface area contributed by atoms with Crippen molar-refractivity contribution < 1.29 is 28.2 Å². The van der Waals surface area contributed by atoms with E-state index < -0.39 is 23.1 Å². The first-order valence-electron chi connectivity index (χ1n) is 11.0. The highest BCUT2D eigenvalue weighted by molar-refractivity contribution is 9.10. The largest absolute Gasteiger partial charge is 0.465 e. The number of hydrogen-bond donors (Lipinski definition) is 0. The summed E-state index contributed by atoms with van der Waals surface area (Å²) in [6, 6.07) is 6.89. The highest BCUT2D eigenvalue weighted by atomic mass is 79.9. The van der Waals surface area contributed by atoms with E-state index in [9.17, 15) is 9.59 Å². The molecule has 3 rings (SSSR count). The van der Waals surface area contributed by atoms with E-state index in [0.717, 1.165) is 4.47 Å². The Morgan fingerprint density at radius 1 is 1.16 bits per heavy atom. The number of ether oxygens (including phenoxy) is 3. The van der Waals surface area contributed by atoms with Gasteiger partial charge in [0.15, 0.2) is 0 Å². The lowest BCUT2D eigenvalue weighted by molar-refractivity contribution is -0.267. The zero-order chi connectivity index (χ0) is 23.6. The highest BCUT2D eigenvalue weighted by Gasteiger charge is 2.54. The van der Waals surface area contributed by atoms with Gasteiger partial charge in [-0.2, -0.15) is 4.39 Å². The van der Waals surface area contributed by atoms with E-state index in [1.165, 1.54) is 0 Å². The molecule has 1 amide bonds. The van der Waals surface area contributed by atoms with Crippen LogP contribution in [0.1, 0.15) is 46.1 Å². The summed E-state index contributed by atoms with van der Waals surface area (Å²) < 4.78 is 33.8. The highest BCUT2D eigenvalue weighted by Crippen LogP contribution is 2.49. The van der Waals surface area contributed by atoms with Crippen LogP contribution in [0.15, 0.2) is 28.7 Å². The molecule has 9 heteroatoms. The van der Waals surface area contributed by atoms with Crippen molar-refractivity contribution in [3.8, 4) is 0 Å².